The van der Waals surface area contributed by atoms with E-state index in [1.165, 1.54) is 0 Å². The topological polar surface area (TPSA) is 17.1 Å². The number of carbonyl (C=O) groups excluding carboxylic acids is 1. The van der Waals surface area contributed by atoms with Gasteiger partial charge < -0.3 is 0 Å². The first-order valence-electron chi connectivity index (χ1n) is 6.46. The van der Waals surface area contributed by atoms with Crippen LogP contribution in [0, 0.1) is 22.7 Å². The van der Waals surface area contributed by atoms with Crippen molar-refractivity contribution < 1.29 is 4.79 Å². The first kappa shape index (κ1) is 12.3. The van der Waals surface area contributed by atoms with Crippen LogP contribution in [-0.2, 0) is 4.79 Å². The lowest BCUT2D eigenvalue weighted by Gasteiger charge is -2.52. The highest BCUT2D eigenvalue weighted by atomic mass is 16.1. The van der Waals surface area contributed by atoms with E-state index >= 15 is 0 Å². The molecule has 0 spiro atoms. The predicted molar refractivity (Wildman–Crippen MR) is 71.6 cm³/mol. The van der Waals surface area contributed by atoms with Gasteiger partial charge >= 0.3 is 0 Å². The Morgan fingerprint density at radius 1 is 1.53 bits per heavy atom. The van der Waals surface area contributed by atoms with Gasteiger partial charge in [0.2, 0.25) is 0 Å². The van der Waals surface area contributed by atoms with Gasteiger partial charge in [0, 0.05) is 5.41 Å². The Hall–Kier alpha value is -1.11. The summed E-state index contributed by atoms with van der Waals surface area (Å²) in [6.07, 6.45) is 12.0. The lowest BCUT2D eigenvalue weighted by atomic mass is 9.50. The molecule has 0 aliphatic heterocycles. The van der Waals surface area contributed by atoms with Crippen LogP contribution in [0.25, 0.3) is 0 Å². The molecule has 0 aromatic heterocycles. The number of hydrogen-bond donors (Lipinski definition) is 0. The van der Waals surface area contributed by atoms with Crippen LogP contribution in [0.1, 0.15) is 33.6 Å². The Morgan fingerprint density at radius 2 is 2.24 bits per heavy atom. The van der Waals surface area contributed by atoms with Crippen molar-refractivity contribution in [3.8, 4) is 0 Å². The van der Waals surface area contributed by atoms with Gasteiger partial charge in [-0.2, -0.15) is 0 Å². The van der Waals surface area contributed by atoms with E-state index < -0.39 is 0 Å². The van der Waals surface area contributed by atoms with Gasteiger partial charge in [0.1, 0.15) is 0 Å². The Morgan fingerprint density at radius 3 is 2.88 bits per heavy atom. The summed E-state index contributed by atoms with van der Waals surface area (Å²) in [5, 5.41) is 0. The molecule has 0 saturated heterocycles. The lowest BCUT2D eigenvalue weighted by Crippen LogP contribution is -2.51. The van der Waals surface area contributed by atoms with Gasteiger partial charge in [0.05, 0.1) is 0 Å². The second-order valence-electron chi connectivity index (χ2n) is 6.06. The molecular weight excluding hydrogens is 208 g/mol. The summed E-state index contributed by atoms with van der Waals surface area (Å²) in [7, 11) is 0. The van der Waals surface area contributed by atoms with Crippen molar-refractivity contribution in [3.63, 3.8) is 0 Å². The highest BCUT2D eigenvalue weighted by Gasteiger charge is 2.54. The van der Waals surface area contributed by atoms with Gasteiger partial charge in [-0.3, -0.25) is 4.79 Å². The Bertz CT molecular complexity index is 400. The van der Waals surface area contributed by atoms with E-state index in [0.29, 0.717) is 17.6 Å². The number of ketones is 1. The van der Waals surface area contributed by atoms with Gasteiger partial charge in [0.15, 0.2) is 5.78 Å². The average molecular weight is 230 g/mol. The monoisotopic (exact) mass is 230 g/mol. The highest BCUT2D eigenvalue weighted by Crippen LogP contribution is 2.56. The van der Waals surface area contributed by atoms with Gasteiger partial charge in [-0.15, -0.1) is 6.58 Å². The van der Waals surface area contributed by atoms with E-state index in [2.05, 4.69) is 45.6 Å². The van der Waals surface area contributed by atoms with E-state index in [9.17, 15) is 4.79 Å². The van der Waals surface area contributed by atoms with Crippen LogP contribution in [0.5, 0.6) is 0 Å². The molecule has 0 heterocycles. The molecule has 0 radical (unpaired) electrons. The summed E-state index contributed by atoms with van der Waals surface area (Å²) < 4.78 is 0. The third-order valence-electron chi connectivity index (χ3n) is 4.73. The van der Waals surface area contributed by atoms with Crippen LogP contribution in [0.3, 0.4) is 0 Å². The maximum atomic E-state index is 12.5. The number of carbonyl (C=O) groups is 1. The van der Waals surface area contributed by atoms with Gasteiger partial charge in [-0.05, 0) is 36.2 Å². The Labute approximate surface area is 104 Å². The fourth-order valence-electron chi connectivity index (χ4n) is 3.71. The lowest BCUT2D eigenvalue weighted by molar-refractivity contribution is -0.134. The molecule has 0 aromatic carbocycles. The van der Waals surface area contributed by atoms with Crippen molar-refractivity contribution in [3.05, 3.63) is 37.0 Å². The third kappa shape index (κ3) is 1.64. The van der Waals surface area contributed by atoms with Crippen molar-refractivity contribution in [2.75, 3.05) is 0 Å². The second-order valence-corrected chi connectivity index (χ2v) is 6.06. The molecule has 92 valence electrons. The number of allylic oxidation sites excluding steroid dienone is 5. The van der Waals surface area contributed by atoms with Crippen LogP contribution < -0.4 is 0 Å². The van der Waals surface area contributed by atoms with E-state index in [4.69, 9.17) is 0 Å². The first-order chi connectivity index (χ1) is 7.95. The largest absolute Gasteiger partial charge is 0.294 e. The van der Waals surface area contributed by atoms with Crippen LogP contribution in [0.15, 0.2) is 37.0 Å². The molecule has 0 unspecified atom stereocenters. The van der Waals surface area contributed by atoms with Crippen molar-refractivity contribution >= 4 is 5.78 Å². The maximum absolute atomic E-state index is 12.5. The van der Waals surface area contributed by atoms with Crippen molar-refractivity contribution in [1.29, 1.82) is 0 Å². The molecule has 0 bridgehead atoms. The molecule has 17 heavy (non-hydrogen) atoms. The Kier molecular flexibility index (Phi) is 2.89. The molecule has 2 rings (SSSR count). The van der Waals surface area contributed by atoms with Crippen molar-refractivity contribution in [1.82, 2.24) is 0 Å². The van der Waals surface area contributed by atoms with Crippen LogP contribution >= 0.6 is 0 Å². The van der Waals surface area contributed by atoms with E-state index in [1.54, 1.807) is 6.08 Å². The summed E-state index contributed by atoms with van der Waals surface area (Å²) in [4.78, 5) is 12.5. The standard InChI is InChI=1S/C16H22O/c1-5-10-16-12(2)7-6-8-13(16)15(3,4)11-9-14(16)17/h5-7,9,11-13H,1,8,10H2,2-4H3/t12-,13-,16-/m1/s1. The average Bonchev–Trinajstić information content (AvgIpc) is 2.27. The Balaban J connectivity index is 2.57. The molecular formula is C16H22O. The quantitative estimate of drug-likeness (QED) is 0.657. The fraction of sp³-hybridized carbons (Fsp3) is 0.562. The number of fused-ring (bicyclic) bond motifs is 1. The van der Waals surface area contributed by atoms with E-state index in [0.717, 1.165) is 12.8 Å². The second kappa shape index (κ2) is 3.97. The zero-order chi connectivity index (χ0) is 12.7. The maximum Gasteiger partial charge on any atom is 0.162 e. The summed E-state index contributed by atoms with van der Waals surface area (Å²) in [6, 6.07) is 0. The number of hydrogen-bond acceptors (Lipinski definition) is 1. The molecule has 2 aliphatic rings. The highest BCUT2D eigenvalue weighted by molar-refractivity contribution is 5.97. The third-order valence-corrected chi connectivity index (χ3v) is 4.73. The molecule has 1 heteroatoms. The van der Waals surface area contributed by atoms with Crippen molar-refractivity contribution in [2.24, 2.45) is 22.7 Å². The minimum absolute atomic E-state index is 0.0932. The number of rotatable bonds is 2. The SMILES string of the molecule is C=CC[C@]12C(=O)C=CC(C)(C)[C@H]1CC=C[C@H]2C. The summed E-state index contributed by atoms with van der Waals surface area (Å²) in [5.74, 6) is 0.986. The molecule has 0 saturated carbocycles. The van der Waals surface area contributed by atoms with Gasteiger partial charge in [-0.25, -0.2) is 0 Å². The van der Waals surface area contributed by atoms with Gasteiger partial charge in [-0.1, -0.05) is 45.1 Å². The molecule has 0 fully saturated rings. The molecule has 0 aromatic rings. The predicted octanol–water partition coefficient (Wildman–Crippen LogP) is 3.93. The van der Waals surface area contributed by atoms with Gasteiger partial charge in [0.25, 0.3) is 0 Å². The smallest absolute Gasteiger partial charge is 0.162 e. The van der Waals surface area contributed by atoms with E-state index in [1.807, 2.05) is 6.08 Å². The zero-order valence-corrected chi connectivity index (χ0v) is 11.1. The first-order valence-corrected chi connectivity index (χ1v) is 6.46. The van der Waals surface area contributed by atoms with Crippen molar-refractivity contribution in [2.45, 2.75) is 33.6 Å². The molecule has 0 N–H and O–H groups in total. The summed E-state index contributed by atoms with van der Waals surface area (Å²) >= 11 is 0. The summed E-state index contributed by atoms with van der Waals surface area (Å²) in [5.41, 5.74) is -0.162. The minimum Gasteiger partial charge on any atom is -0.294 e. The van der Waals surface area contributed by atoms with Crippen LogP contribution in [0.2, 0.25) is 0 Å². The zero-order valence-electron chi connectivity index (χ0n) is 11.1. The van der Waals surface area contributed by atoms with Crippen LogP contribution in [0.4, 0.5) is 0 Å². The molecule has 1 nitrogen and oxygen atoms in total. The molecule has 2 aliphatic carbocycles. The molecule has 3 atom stereocenters. The fourth-order valence-corrected chi connectivity index (χ4v) is 3.71. The molecule has 0 amide bonds. The summed E-state index contributed by atoms with van der Waals surface area (Å²) in [6.45, 7) is 10.5. The normalized spacial score (nSPS) is 38.9. The van der Waals surface area contributed by atoms with E-state index in [-0.39, 0.29) is 10.8 Å². The van der Waals surface area contributed by atoms with Crippen LogP contribution in [-0.4, -0.2) is 5.78 Å². The minimum atomic E-state index is -0.255.